The molecule has 1 heterocycles. The van der Waals surface area contributed by atoms with Crippen molar-refractivity contribution in [3.63, 3.8) is 0 Å². The lowest BCUT2D eigenvalue weighted by molar-refractivity contribution is -0.146. The van der Waals surface area contributed by atoms with Crippen LogP contribution in [0.3, 0.4) is 0 Å². The van der Waals surface area contributed by atoms with E-state index in [0.717, 1.165) is 18.5 Å². The molecule has 0 amide bonds. The first-order valence-corrected chi connectivity index (χ1v) is 5.96. The summed E-state index contributed by atoms with van der Waals surface area (Å²) in [4.78, 5) is 13.3. The van der Waals surface area contributed by atoms with Gasteiger partial charge in [-0.05, 0) is 43.9 Å². The van der Waals surface area contributed by atoms with Crippen molar-refractivity contribution in [1.29, 1.82) is 0 Å². The van der Waals surface area contributed by atoms with E-state index in [0.29, 0.717) is 6.42 Å². The highest BCUT2D eigenvalue weighted by molar-refractivity contribution is 5.74. The Morgan fingerprint density at radius 2 is 2.18 bits per heavy atom. The molecule has 0 fully saturated rings. The van der Waals surface area contributed by atoms with Crippen molar-refractivity contribution in [1.82, 2.24) is 0 Å². The minimum Gasteiger partial charge on any atom is -0.481 e. The molecule has 0 saturated heterocycles. The Balaban J connectivity index is 2.22. The van der Waals surface area contributed by atoms with E-state index in [2.05, 4.69) is 24.1 Å². The van der Waals surface area contributed by atoms with Gasteiger partial charge in [0.15, 0.2) is 0 Å². The molecule has 0 aromatic heterocycles. The zero-order valence-electron chi connectivity index (χ0n) is 10.7. The molecule has 0 atom stereocenters. The van der Waals surface area contributed by atoms with Crippen LogP contribution in [0.5, 0.6) is 0 Å². The highest BCUT2D eigenvalue weighted by Crippen LogP contribution is 2.30. The van der Waals surface area contributed by atoms with E-state index < -0.39 is 11.4 Å². The van der Waals surface area contributed by atoms with Crippen LogP contribution in [0, 0.1) is 5.41 Å². The molecule has 0 radical (unpaired) electrons. The number of fused-ring (bicyclic) bond motifs is 1. The molecule has 1 aliphatic rings. The maximum Gasteiger partial charge on any atom is 0.309 e. The zero-order valence-corrected chi connectivity index (χ0v) is 10.7. The van der Waals surface area contributed by atoms with Crippen LogP contribution in [0.1, 0.15) is 25.0 Å². The maximum atomic E-state index is 11.1. The average Bonchev–Trinajstić information content (AvgIpc) is 2.59. The van der Waals surface area contributed by atoms with E-state index in [9.17, 15) is 4.79 Å². The van der Waals surface area contributed by atoms with Crippen LogP contribution in [0.25, 0.3) is 0 Å². The molecule has 0 saturated carbocycles. The molecule has 92 valence electrons. The van der Waals surface area contributed by atoms with Crippen LogP contribution in [0.4, 0.5) is 5.69 Å². The molecule has 0 aliphatic carbocycles. The van der Waals surface area contributed by atoms with Gasteiger partial charge < -0.3 is 10.0 Å². The molecule has 0 bridgehead atoms. The standard InChI is InChI=1S/C14H19NO2/c1-14(2,13(16)17)9-10-4-5-12-11(8-10)6-7-15(12)3/h4-5,8H,6-7,9H2,1-3H3,(H,16,17). The summed E-state index contributed by atoms with van der Waals surface area (Å²) < 4.78 is 0. The van der Waals surface area contributed by atoms with Gasteiger partial charge in [-0.15, -0.1) is 0 Å². The van der Waals surface area contributed by atoms with E-state index in [-0.39, 0.29) is 0 Å². The van der Waals surface area contributed by atoms with Crippen molar-refractivity contribution in [3.05, 3.63) is 29.3 Å². The van der Waals surface area contributed by atoms with Gasteiger partial charge in [-0.25, -0.2) is 0 Å². The second-order valence-electron chi connectivity index (χ2n) is 5.50. The van der Waals surface area contributed by atoms with E-state index in [4.69, 9.17) is 5.11 Å². The van der Waals surface area contributed by atoms with Gasteiger partial charge in [0.05, 0.1) is 5.41 Å². The number of carboxylic acid groups (broad SMARTS) is 1. The molecule has 3 heteroatoms. The summed E-state index contributed by atoms with van der Waals surface area (Å²) in [6, 6.07) is 6.31. The van der Waals surface area contributed by atoms with Crippen LogP contribution in [0.15, 0.2) is 18.2 Å². The minimum absolute atomic E-state index is 0.583. The smallest absolute Gasteiger partial charge is 0.309 e. The van der Waals surface area contributed by atoms with Crippen molar-refractivity contribution in [2.75, 3.05) is 18.5 Å². The van der Waals surface area contributed by atoms with Crippen molar-refractivity contribution >= 4 is 11.7 Å². The number of anilines is 1. The fourth-order valence-corrected chi connectivity index (χ4v) is 2.32. The van der Waals surface area contributed by atoms with E-state index in [1.165, 1.54) is 11.3 Å². The summed E-state index contributed by atoms with van der Waals surface area (Å²) in [6.45, 7) is 4.60. The maximum absolute atomic E-state index is 11.1. The fourth-order valence-electron chi connectivity index (χ4n) is 2.32. The summed E-state index contributed by atoms with van der Waals surface area (Å²) in [6.07, 6.45) is 1.65. The molecule has 0 spiro atoms. The van der Waals surface area contributed by atoms with Crippen LogP contribution in [0.2, 0.25) is 0 Å². The first-order chi connectivity index (χ1) is 7.90. The first-order valence-electron chi connectivity index (χ1n) is 5.96. The third kappa shape index (κ3) is 2.28. The SMILES string of the molecule is CN1CCc2cc(CC(C)(C)C(=O)O)ccc21. The lowest BCUT2D eigenvalue weighted by atomic mass is 9.85. The number of nitrogens with zero attached hydrogens (tertiary/aromatic N) is 1. The van der Waals surface area contributed by atoms with Gasteiger partial charge in [-0.3, -0.25) is 4.79 Å². The Morgan fingerprint density at radius 3 is 2.82 bits per heavy atom. The predicted octanol–water partition coefficient (Wildman–Crippen LogP) is 2.33. The largest absolute Gasteiger partial charge is 0.481 e. The van der Waals surface area contributed by atoms with E-state index in [1.807, 2.05) is 6.07 Å². The highest BCUT2D eigenvalue weighted by Gasteiger charge is 2.28. The van der Waals surface area contributed by atoms with Gasteiger partial charge in [0, 0.05) is 19.3 Å². The predicted molar refractivity (Wildman–Crippen MR) is 68.5 cm³/mol. The van der Waals surface area contributed by atoms with Crippen LogP contribution >= 0.6 is 0 Å². The summed E-state index contributed by atoms with van der Waals surface area (Å²) in [5.74, 6) is -0.741. The van der Waals surface area contributed by atoms with Gasteiger partial charge in [0.2, 0.25) is 0 Å². The van der Waals surface area contributed by atoms with Crippen LogP contribution in [-0.4, -0.2) is 24.7 Å². The minimum atomic E-state index is -0.741. The number of benzene rings is 1. The number of hydrogen-bond acceptors (Lipinski definition) is 2. The highest BCUT2D eigenvalue weighted by atomic mass is 16.4. The fraction of sp³-hybridized carbons (Fsp3) is 0.500. The van der Waals surface area contributed by atoms with Gasteiger partial charge >= 0.3 is 5.97 Å². The Kier molecular flexibility index (Phi) is 2.86. The lowest BCUT2D eigenvalue weighted by Gasteiger charge is -2.19. The summed E-state index contributed by atoms with van der Waals surface area (Å²) in [7, 11) is 2.09. The van der Waals surface area contributed by atoms with E-state index >= 15 is 0 Å². The van der Waals surface area contributed by atoms with Crippen molar-refractivity contribution in [2.45, 2.75) is 26.7 Å². The first kappa shape index (κ1) is 12.0. The summed E-state index contributed by atoms with van der Waals surface area (Å²) in [5, 5.41) is 9.13. The zero-order chi connectivity index (χ0) is 12.6. The third-order valence-electron chi connectivity index (χ3n) is 3.50. The van der Waals surface area contributed by atoms with Gasteiger partial charge in [-0.2, -0.15) is 0 Å². The molecular weight excluding hydrogens is 214 g/mol. The Hall–Kier alpha value is -1.51. The van der Waals surface area contributed by atoms with Gasteiger partial charge in [0.25, 0.3) is 0 Å². The Bertz CT molecular complexity index is 452. The molecule has 3 nitrogen and oxygen atoms in total. The number of likely N-dealkylation sites (N-methyl/N-ethyl adjacent to an activating group) is 1. The monoisotopic (exact) mass is 233 g/mol. The molecule has 1 aliphatic heterocycles. The molecule has 17 heavy (non-hydrogen) atoms. The van der Waals surface area contributed by atoms with Gasteiger partial charge in [0.1, 0.15) is 0 Å². The lowest BCUT2D eigenvalue weighted by Crippen LogP contribution is -2.26. The second-order valence-corrected chi connectivity index (χ2v) is 5.50. The van der Waals surface area contributed by atoms with Crippen LogP contribution in [-0.2, 0) is 17.6 Å². The Labute approximate surface area is 102 Å². The summed E-state index contributed by atoms with van der Waals surface area (Å²) in [5.41, 5.74) is 3.04. The third-order valence-corrected chi connectivity index (χ3v) is 3.50. The number of rotatable bonds is 3. The number of carboxylic acids is 1. The van der Waals surface area contributed by atoms with Crippen LogP contribution < -0.4 is 4.90 Å². The topological polar surface area (TPSA) is 40.5 Å². The average molecular weight is 233 g/mol. The molecule has 1 N–H and O–H groups in total. The normalized spacial score (nSPS) is 14.9. The molecular formula is C14H19NO2. The van der Waals surface area contributed by atoms with Crippen molar-refractivity contribution < 1.29 is 9.90 Å². The molecule has 2 rings (SSSR count). The quantitative estimate of drug-likeness (QED) is 0.871. The van der Waals surface area contributed by atoms with Gasteiger partial charge in [-0.1, -0.05) is 12.1 Å². The molecule has 1 aromatic rings. The van der Waals surface area contributed by atoms with E-state index in [1.54, 1.807) is 13.8 Å². The number of hydrogen-bond donors (Lipinski definition) is 1. The van der Waals surface area contributed by atoms with Crippen molar-refractivity contribution in [3.8, 4) is 0 Å². The van der Waals surface area contributed by atoms with Crippen molar-refractivity contribution in [2.24, 2.45) is 5.41 Å². The number of carbonyl (C=O) groups is 1. The Morgan fingerprint density at radius 1 is 1.47 bits per heavy atom. The summed E-state index contributed by atoms with van der Waals surface area (Å²) >= 11 is 0. The molecule has 1 aromatic carbocycles. The molecule has 0 unspecified atom stereocenters. The number of aliphatic carboxylic acids is 1. The second kappa shape index (κ2) is 4.06.